The average Bonchev–Trinajstić information content (AvgIpc) is 3.55. The van der Waals surface area contributed by atoms with Gasteiger partial charge in [0, 0.05) is 38.0 Å². The third kappa shape index (κ3) is 4.52. The minimum Gasteiger partial charge on any atom is -0.480 e. The maximum absolute atomic E-state index is 12.5. The molecule has 1 unspecified atom stereocenters. The molecule has 0 aliphatic carbocycles. The van der Waals surface area contributed by atoms with E-state index in [9.17, 15) is 4.79 Å². The lowest BCUT2D eigenvalue weighted by Crippen LogP contribution is -2.48. The summed E-state index contributed by atoms with van der Waals surface area (Å²) in [5, 5.41) is 1.04. The lowest BCUT2D eigenvalue weighted by Gasteiger charge is -2.42. The summed E-state index contributed by atoms with van der Waals surface area (Å²) in [6.45, 7) is 5.12. The number of H-pyrrole nitrogens is 1. The number of amides is 1. The van der Waals surface area contributed by atoms with E-state index in [0.29, 0.717) is 17.8 Å². The summed E-state index contributed by atoms with van der Waals surface area (Å²) in [6, 6.07) is 10.4. The first-order valence-electron chi connectivity index (χ1n) is 12.1. The number of nitrogens with zero attached hydrogens (tertiary/aromatic N) is 4. The highest BCUT2D eigenvalue weighted by molar-refractivity contribution is 5.85. The molecule has 1 amide bonds. The number of methoxy groups -OCH3 is 1. The summed E-state index contributed by atoms with van der Waals surface area (Å²) < 4.78 is 11.2. The highest BCUT2D eigenvalue weighted by Gasteiger charge is 2.35. The van der Waals surface area contributed by atoms with Crippen molar-refractivity contribution in [2.45, 2.75) is 38.3 Å². The molecule has 3 atom stereocenters. The van der Waals surface area contributed by atoms with Crippen LogP contribution in [0.25, 0.3) is 22.2 Å². The highest BCUT2D eigenvalue weighted by Crippen LogP contribution is 2.35. The minimum absolute atomic E-state index is 0.0817. The van der Waals surface area contributed by atoms with Crippen LogP contribution in [0.1, 0.15) is 38.1 Å². The SMILES string of the molecule is COc1nc2ccccc2cc1-c1cnc([C@@H]2C[C@H](N(C)CC3CCOC3)CCN2C(C)=O)[nH]1. The number of imidazole rings is 1. The number of hydrogen-bond donors (Lipinski definition) is 1. The summed E-state index contributed by atoms with van der Waals surface area (Å²) in [4.78, 5) is 29.8. The fourth-order valence-electron chi connectivity index (χ4n) is 5.36. The Hall–Kier alpha value is -2.97. The van der Waals surface area contributed by atoms with E-state index in [4.69, 9.17) is 14.5 Å². The summed E-state index contributed by atoms with van der Waals surface area (Å²) in [6.07, 6.45) is 4.77. The second-order valence-corrected chi connectivity index (χ2v) is 9.50. The van der Waals surface area contributed by atoms with Gasteiger partial charge in [-0.05, 0) is 44.4 Å². The largest absolute Gasteiger partial charge is 0.480 e. The number of benzene rings is 1. The van der Waals surface area contributed by atoms with Gasteiger partial charge in [0.25, 0.3) is 0 Å². The number of aromatic nitrogens is 3. The van der Waals surface area contributed by atoms with Crippen LogP contribution in [-0.4, -0.2) is 77.2 Å². The predicted molar refractivity (Wildman–Crippen MR) is 131 cm³/mol. The van der Waals surface area contributed by atoms with Crippen molar-refractivity contribution in [2.75, 3.05) is 40.5 Å². The fraction of sp³-hybridized carbons (Fsp3) is 0.500. The summed E-state index contributed by atoms with van der Waals surface area (Å²) in [5.41, 5.74) is 2.59. The number of carbonyl (C=O) groups is 1. The van der Waals surface area contributed by atoms with Crippen LogP contribution in [0.15, 0.2) is 36.5 Å². The molecule has 2 saturated heterocycles. The van der Waals surface area contributed by atoms with Crippen LogP contribution in [-0.2, 0) is 9.53 Å². The van der Waals surface area contributed by atoms with Gasteiger partial charge in [0.05, 0.1) is 42.7 Å². The maximum Gasteiger partial charge on any atom is 0.223 e. The van der Waals surface area contributed by atoms with E-state index in [1.54, 1.807) is 14.0 Å². The average molecular weight is 464 g/mol. The number of piperidine rings is 1. The third-order valence-electron chi connectivity index (χ3n) is 7.26. The summed E-state index contributed by atoms with van der Waals surface area (Å²) in [5.74, 6) is 2.04. The smallest absolute Gasteiger partial charge is 0.223 e. The zero-order valence-electron chi connectivity index (χ0n) is 20.2. The van der Waals surface area contributed by atoms with Crippen LogP contribution in [0.3, 0.4) is 0 Å². The molecule has 8 nitrogen and oxygen atoms in total. The zero-order chi connectivity index (χ0) is 23.7. The fourth-order valence-corrected chi connectivity index (χ4v) is 5.36. The number of carbonyl (C=O) groups excluding carboxylic acids is 1. The Kier molecular flexibility index (Phi) is 6.52. The van der Waals surface area contributed by atoms with E-state index in [-0.39, 0.29) is 11.9 Å². The lowest BCUT2D eigenvalue weighted by molar-refractivity contribution is -0.133. The number of aromatic amines is 1. The van der Waals surface area contributed by atoms with Crippen LogP contribution in [0.4, 0.5) is 0 Å². The molecule has 34 heavy (non-hydrogen) atoms. The molecule has 2 aliphatic rings. The predicted octanol–water partition coefficient (Wildman–Crippen LogP) is 3.65. The van der Waals surface area contributed by atoms with Gasteiger partial charge in [-0.3, -0.25) is 4.79 Å². The number of rotatable bonds is 6. The molecule has 0 radical (unpaired) electrons. The van der Waals surface area contributed by atoms with Crippen molar-refractivity contribution >= 4 is 16.8 Å². The molecule has 0 bridgehead atoms. The van der Waals surface area contributed by atoms with Crippen LogP contribution in [0.5, 0.6) is 5.88 Å². The number of pyridine rings is 1. The van der Waals surface area contributed by atoms with Crippen LogP contribution in [0, 0.1) is 5.92 Å². The molecule has 180 valence electrons. The Morgan fingerprint density at radius 2 is 2.18 bits per heavy atom. The first-order chi connectivity index (χ1) is 16.5. The van der Waals surface area contributed by atoms with Gasteiger partial charge in [-0.15, -0.1) is 0 Å². The Balaban J connectivity index is 1.41. The van der Waals surface area contributed by atoms with E-state index in [0.717, 1.165) is 73.6 Å². The zero-order valence-corrected chi connectivity index (χ0v) is 20.2. The second-order valence-electron chi connectivity index (χ2n) is 9.50. The number of para-hydroxylation sites is 1. The van der Waals surface area contributed by atoms with E-state index in [2.05, 4.69) is 28.0 Å². The van der Waals surface area contributed by atoms with Gasteiger partial charge in [-0.1, -0.05) is 18.2 Å². The van der Waals surface area contributed by atoms with Crippen molar-refractivity contribution in [3.63, 3.8) is 0 Å². The van der Waals surface area contributed by atoms with Gasteiger partial charge in [0.2, 0.25) is 11.8 Å². The number of hydrogen-bond acceptors (Lipinski definition) is 6. The molecule has 0 saturated carbocycles. The first kappa shape index (κ1) is 22.8. The Bertz CT molecular complexity index is 1160. The van der Waals surface area contributed by atoms with Gasteiger partial charge in [0.15, 0.2) is 0 Å². The van der Waals surface area contributed by atoms with E-state index >= 15 is 0 Å². The Labute approximate surface area is 200 Å². The Morgan fingerprint density at radius 3 is 2.94 bits per heavy atom. The number of fused-ring (bicyclic) bond motifs is 1. The number of nitrogens with one attached hydrogen (secondary N) is 1. The summed E-state index contributed by atoms with van der Waals surface area (Å²) >= 11 is 0. The van der Waals surface area contributed by atoms with Gasteiger partial charge in [-0.25, -0.2) is 9.97 Å². The van der Waals surface area contributed by atoms with Crippen LogP contribution < -0.4 is 4.74 Å². The normalized spacial score (nSPS) is 23.1. The molecular formula is C26H33N5O3. The van der Waals surface area contributed by atoms with Crippen molar-refractivity contribution in [1.29, 1.82) is 0 Å². The standard InChI is InChI=1S/C26H33N5O3/c1-17(32)31-10-8-20(30(2)15-18-9-11-34-16-18)13-24(31)25-27-14-23(28-25)21-12-19-6-4-5-7-22(19)29-26(21)33-3/h4-7,12,14,18,20,24H,8-11,13,15-16H2,1-3H3,(H,27,28)/t18?,20-,24+/m1/s1. The first-order valence-corrected chi connectivity index (χ1v) is 12.1. The van der Waals surface area contributed by atoms with Gasteiger partial charge in [-0.2, -0.15) is 0 Å². The van der Waals surface area contributed by atoms with E-state index in [1.165, 1.54) is 0 Å². The van der Waals surface area contributed by atoms with Crippen molar-refractivity contribution in [1.82, 2.24) is 24.8 Å². The maximum atomic E-state index is 12.5. The Morgan fingerprint density at radius 1 is 1.32 bits per heavy atom. The van der Waals surface area contributed by atoms with Gasteiger partial charge >= 0.3 is 0 Å². The minimum atomic E-state index is -0.0910. The van der Waals surface area contributed by atoms with Gasteiger partial charge < -0.3 is 24.3 Å². The van der Waals surface area contributed by atoms with Crippen molar-refractivity contribution < 1.29 is 14.3 Å². The van der Waals surface area contributed by atoms with E-state index in [1.807, 2.05) is 35.4 Å². The molecule has 5 rings (SSSR count). The van der Waals surface area contributed by atoms with Crippen molar-refractivity contribution in [3.8, 4) is 17.1 Å². The van der Waals surface area contributed by atoms with Crippen LogP contribution >= 0.6 is 0 Å². The van der Waals surface area contributed by atoms with E-state index < -0.39 is 0 Å². The van der Waals surface area contributed by atoms with Gasteiger partial charge in [0.1, 0.15) is 5.82 Å². The summed E-state index contributed by atoms with van der Waals surface area (Å²) in [7, 11) is 3.83. The molecule has 3 aromatic rings. The number of ether oxygens (including phenoxy) is 2. The van der Waals surface area contributed by atoms with Crippen molar-refractivity contribution in [3.05, 3.63) is 42.4 Å². The monoisotopic (exact) mass is 463 g/mol. The topological polar surface area (TPSA) is 83.6 Å². The molecule has 1 aromatic carbocycles. The highest BCUT2D eigenvalue weighted by atomic mass is 16.5. The molecule has 8 heteroatoms. The quantitative estimate of drug-likeness (QED) is 0.601. The molecule has 2 aromatic heterocycles. The molecule has 2 aliphatic heterocycles. The molecule has 2 fully saturated rings. The van der Waals surface area contributed by atoms with Crippen molar-refractivity contribution in [2.24, 2.45) is 5.92 Å². The molecule has 1 N–H and O–H groups in total. The lowest BCUT2D eigenvalue weighted by atomic mass is 9.94. The molecule has 4 heterocycles. The second kappa shape index (κ2) is 9.72. The number of likely N-dealkylation sites (tertiary alicyclic amines) is 1. The van der Waals surface area contributed by atoms with Crippen LogP contribution in [0.2, 0.25) is 0 Å². The third-order valence-corrected chi connectivity index (χ3v) is 7.26. The molecular weight excluding hydrogens is 430 g/mol. The molecule has 0 spiro atoms.